The maximum atomic E-state index is 11.4. The zero-order valence-corrected chi connectivity index (χ0v) is 12.4. The van der Waals surface area contributed by atoms with Crippen molar-refractivity contribution in [3.05, 3.63) is 54.1 Å². The van der Waals surface area contributed by atoms with Crippen LogP contribution in [0.4, 0.5) is 4.79 Å². The number of hydrogen-bond donors (Lipinski definition) is 0. The Balaban J connectivity index is 1.97. The van der Waals surface area contributed by atoms with Gasteiger partial charge in [0.2, 0.25) is 0 Å². The van der Waals surface area contributed by atoms with E-state index in [9.17, 15) is 4.79 Å². The van der Waals surface area contributed by atoms with Crippen molar-refractivity contribution in [1.82, 2.24) is 0 Å². The number of nitrogens with zero attached hydrogens (tertiary/aromatic N) is 1. The van der Waals surface area contributed by atoms with Crippen molar-refractivity contribution in [2.24, 2.45) is 0 Å². The third kappa shape index (κ3) is 4.35. The Kier molecular flexibility index (Phi) is 5.56. The van der Waals surface area contributed by atoms with Crippen LogP contribution in [0, 0.1) is 11.3 Å². The monoisotopic (exact) mass is 295 g/mol. The summed E-state index contributed by atoms with van der Waals surface area (Å²) in [6.07, 6.45) is 1.11. The third-order valence-electron chi connectivity index (χ3n) is 3.12. The molecule has 0 unspecified atom stereocenters. The molecule has 0 fully saturated rings. The second-order valence-corrected chi connectivity index (χ2v) is 4.77. The van der Waals surface area contributed by atoms with Gasteiger partial charge in [-0.15, -0.1) is 0 Å². The minimum Gasteiger partial charge on any atom is -0.434 e. The van der Waals surface area contributed by atoms with E-state index in [0.29, 0.717) is 17.9 Å². The van der Waals surface area contributed by atoms with Crippen LogP contribution in [0.3, 0.4) is 0 Å². The van der Waals surface area contributed by atoms with Crippen molar-refractivity contribution in [2.75, 3.05) is 6.61 Å². The van der Waals surface area contributed by atoms with Crippen molar-refractivity contribution in [2.45, 2.75) is 19.8 Å². The van der Waals surface area contributed by atoms with Crippen molar-refractivity contribution in [1.29, 1.82) is 5.26 Å². The first-order chi connectivity index (χ1) is 10.7. The van der Waals surface area contributed by atoms with Gasteiger partial charge in [-0.2, -0.15) is 5.26 Å². The number of unbranched alkanes of at least 4 members (excludes halogenated alkanes) is 1. The molecule has 2 aromatic carbocycles. The fourth-order valence-electron chi connectivity index (χ4n) is 1.88. The van der Waals surface area contributed by atoms with Gasteiger partial charge in [0, 0.05) is 0 Å². The average Bonchev–Trinajstić information content (AvgIpc) is 2.56. The summed E-state index contributed by atoms with van der Waals surface area (Å²) in [7, 11) is 0. The lowest BCUT2D eigenvalue weighted by atomic mass is 10.0. The first-order valence-corrected chi connectivity index (χ1v) is 7.18. The van der Waals surface area contributed by atoms with Crippen LogP contribution in [0.15, 0.2) is 48.5 Å². The molecule has 0 atom stereocenters. The first-order valence-electron chi connectivity index (χ1n) is 7.18. The lowest BCUT2D eigenvalue weighted by Gasteiger charge is -2.06. The van der Waals surface area contributed by atoms with Crippen LogP contribution >= 0.6 is 0 Å². The molecule has 0 N–H and O–H groups in total. The molecule has 2 aromatic rings. The van der Waals surface area contributed by atoms with Crippen LogP contribution in [-0.2, 0) is 4.74 Å². The molecule has 0 radical (unpaired) electrons. The number of carbonyl (C=O) groups excluding carboxylic acids is 1. The maximum Gasteiger partial charge on any atom is 0.513 e. The summed E-state index contributed by atoms with van der Waals surface area (Å²) in [5.41, 5.74) is 2.60. The van der Waals surface area contributed by atoms with E-state index in [1.807, 2.05) is 31.2 Å². The van der Waals surface area contributed by atoms with E-state index in [-0.39, 0.29) is 0 Å². The topological polar surface area (TPSA) is 59.3 Å². The molecule has 0 aliphatic rings. The summed E-state index contributed by atoms with van der Waals surface area (Å²) in [5.74, 6) is 0.443. The van der Waals surface area contributed by atoms with Crippen LogP contribution in [0.1, 0.15) is 25.3 Å². The van der Waals surface area contributed by atoms with E-state index < -0.39 is 6.16 Å². The van der Waals surface area contributed by atoms with Gasteiger partial charge in [0.05, 0.1) is 18.2 Å². The lowest BCUT2D eigenvalue weighted by molar-refractivity contribution is 0.0978. The third-order valence-corrected chi connectivity index (χ3v) is 3.12. The molecule has 0 saturated heterocycles. The number of carbonyl (C=O) groups is 1. The average molecular weight is 295 g/mol. The van der Waals surface area contributed by atoms with Gasteiger partial charge in [-0.25, -0.2) is 4.79 Å². The SMILES string of the molecule is CCCCOC(=O)Oc1ccc(-c2ccc(C#N)cc2)cc1. The van der Waals surface area contributed by atoms with Gasteiger partial charge in [0.1, 0.15) is 5.75 Å². The summed E-state index contributed by atoms with van der Waals surface area (Å²) in [6.45, 7) is 2.40. The van der Waals surface area contributed by atoms with Crippen molar-refractivity contribution in [3.63, 3.8) is 0 Å². The predicted molar refractivity (Wildman–Crippen MR) is 83.5 cm³/mol. The van der Waals surface area contributed by atoms with Crippen molar-refractivity contribution in [3.8, 4) is 22.9 Å². The molecule has 0 heterocycles. The second kappa shape index (κ2) is 7.84. The first kappa shape index (κ1) is 15.6. The fourth-order valence-corrected chi connectivity index (χ4v) is 1.88. The Morgan fingerprint density at radius 3 is 2.18 bits per heavy atom. The lowest BCUT2D eigenvalue weighted by Crippen LogP contribution is -2.11. The van der Waals surface area contributed by atoms with E-state index in [4.69, 9.17) is 14.7 Å². The minimum atomic E-state index is -0.681. The van der Waals surface area contributed by atoms with Gasteiger partial charge in [-0.1, -0.05) is 37.6 Å². The standard InChI is InChI=1S/C18H17NO3/c1-2-3-12-21-18(20)22-17-10-8-16(9-11-17)15-6-4-14(13-19)5-7-15/h4-11H,2-3,12H2,1H3. The van der Waals surface area contributed by atoms with Gasteiger partial charge >= 0.3 is 6.16 Å². The molecule has 0 aliphatic carbocycles. The minimum absolute atomic E-state index is 0.374. The highest BCUT2D eigenvalue weighted by Gasteiger charge is 2.06. The summed E-state index contributed by atoms with van der Waals surface area (Å²) >= 11 is 0. The van der Waals surface area contributed by atoms with E-state index >= 15 is 0 Å². The van der Waals surface area contributed by atoms with Gasteiger partial charge in [0.25, 0.3) is 0 Å². The van der Waals surface area contributed by atoms with E-state index in [0.717, 1.165) is 24.0 Å². The fraction of sp³-hybridized carbons (Fsp3) is 0.222. The highest BCUT2D eigenvalue weighted by molar-refractivity contribution is 5.67. The Morgan fingerprint density at radius 1 is 1.05 bits per heavy atom. The largest absolute Gasteiger partial charge is 0.513 e. The normalized spacial score (nSPS) is 9.82. The Bertz CT molecular complexity index is 654. The molecule has 4 nitrogen and oxygen atoms in total. The predicted octanol–water partition coefficient (Wildman–Crippen LogP) is 4.54. The van der Waals surface area contributed by atoms with E-state index in [1.165, 1.54) is 0 Å². The number of hydrogen-bond acceptors (Lipinski definition) is 4. The van der Waals surface area contributed by atoms with E-state index in [2.05, 4.69) is 6.07 Å². The van der Waals surface area contributed by atoms with Gasteiger partial charge in [0.15, 0.2) is 0 Å². The summed E-state index contributed by atoms with van der Waals surface area (Å²) in [4.78, 5) is 11.4. The number of benzene rings is 2. The van der Waals surface area contributed by atoms with Crippen LogP contribution in [0.2, 0.25) is 0 Å². The second-order valence-electron chi connectivity index (χ2n) is 4.77. The Morgan fingerprint density at radius 2 is 1.64 bits per heavy atom. The van der Waals surface area contributed by atoms with Crippen molar-refractivity contribution < 1.29 is 14.3 Å². The molecule has 2 rings (SSSR count). The van der Waals surface area contributed by atoms with Crippen LogP contribution in [-0.4, -0.2) is 12.8 Å². The zero-order chi connectivity index (χ0) is 15.8. The molecule has 0 saturated carbocycles. The van der Waals surface area contributed by atoms with Crippen molar-refractivity contribution >= 4 is 6.16 Å². The molecule has 0 amide bonds. The molecule has 22 heavy (non-hydrogen) atoms. The van der Waals surface area contributed by atoms with Gasteiger partial charge < -0.3 is 9.47 Å². The summed E-state index contributed by atoms with van der Waals surface area (Å²) in [5, 5.41) is 8.79. The highest BCUT2D eigenvalue weighted by atomic mass is 16.7. The van der Waals surface area contributed by atoms with Crippen LogP contribution < -0.4 is 4.74 Å². The molecule has 0 aromatic heterocycles. The van der Waals surface area contributed by atoms with Crippen LogP contribution in [0.5, 0.6) is 5.75 Å². The maximum absolute atomic E-state index is 11.4. The highest BCUT2D eigenvalue weighted by Crippen LogP contribution is 2.23. The molecule has 112 valence electrons. The molecule has 0 bridgehead atoms. The number of nitriles is 1. The number of ether oxygens (including phenoxy) is 2. The molecule has 4 heteroatoms. The summed E-state index contributed by atoms with van der Waals surface area (Å²) in [6, 6.07) is 16.5. The smallest absolute Gasteiger partial charge is 0.434 e. The molecule has 0 aliphatic heterocycles. The zero-order valence-electron chi connectivity index (χ0n) is 12.4. The molecular weight excluding hydrogens is 278 g/mol. The number of rotatable bonds is 5. The quantitative estimate of drug-likeness (QED) is 0.461. The van der Waals surface area contributed by atoms with Gasteiger partial charge in [-0.3, -0.25) is 0 Å². The molecule has 0 spiro atoms. The summed E-state index contributed by atoms with van der Waals surface area (Å²) < 4.78 is 10.0. The molecular formula is C18H17NO3. The van der Waals surface area contributed by atoms with E-state index in [1.54, 1.807) is 24.3 Å². The Hall–Kier alpha value is -2.80. The Labute approximate surface area is 129 Å². The van der Waals surface area contributed by atoms with Crippen LogP contribution in [0.25, 0.3) is 11.1 Å². The van der Waals surface area contributed by atoms with Gasteiger partial charge in [-0.05, 0) is 41.8 Å².